The summed E-state index contributed by atoms with van der Waals surface area (Å²) in [5.74, 6) is 0.672. The highest BCUT2D eigenvalue weighted by molar-refractivity contribution is 9.11. The molecule has 0 radical (unpaired) electrons. The van der Waals surface area contributed by atoms with Crippen molar-refractivity contribution in [2.24, 2.45) is 0 Å². The molecule has 1 amide bonds. The van der Waals surface area contributed by atoms with Gasteiger partial charge in [-0.25, -0.2) is 9.97 Å². The van der Waals surface area contributed by atoms with Crippen molar-refractivity contribution < 1.29 is 4.79 Å². The van der Waals surface area contributed by atoms with Gasteiger partial charge in [0.1, 0.15) is 5.82 Å². The normalized spacial score (nSPS) is 10.6. The Morgan fingerprint density at radius 2 is 2.04 bits per heavy atom. The Kier molecular flexibility index (Phi) is 6.04. The van der Waals surface area contributed by atoms with Crippen molar-refractivity contribution in [3.8, 4) is 11.3 Å². The van der Waals surface area contributed by atoms with Gasteiger partial charge in [0.05, 0.1) is 15.9 Å². The lowest BCUT2D eigenvalue weighted by molar-refractivity contribution is -0.113. The third-order valence-corrected chi connectivity index (χ3v) is 6.00. The lowest BCUT2D eigenvalue weighted by Gasteiger charge is -2.05. The first-order valence-electron chi connectivity index (χ1n) is 6.86. The average molecular weight is 485 g/mol. The van der Waals surface area contributed by atoms with Crippen molar-refractivity contribution in [3.63, 3.8) is 0 Å². The fourth-order valence-electron chi connectivity index (χ4n) is 1.87. The number of benzene rings is 1. The fourth-order valence-corrected chi connectivity index (χ4v) is 4.59. The van der Waals surface area contributed by atoms with E-state index in [9.17, 15) is 4.79 Å². The Balaban J connectivity index is 1.58. The van der Waals surface area contributed by atoms with E-state index < -0.39 is 0 Å². The van der Waals surface area contributed by atoms with Crippen LogP contribution in [-0.2, 0) is 4.79 Å². The van der Waals surface area contributed by atoms with Crippen LogP contribution in [0.4, 0.5) is 5.82 Å². The number of hydrogen-bond donors (Lipinski definition) is 1. The molecule has 0 spiro atoms. The largest absolute Gasteiger partial charge is 0.309 e. The van der Waals surface area contributed by atoms with Gasteiger partial charge in [-0.05, 0) is 37.9 Å². The third-order valence-electron chi connectivity index (χ3n) is 2.95. The molecule has 0 atom stereocenters. The van der Waals surface area contributed by atoms with Gasteiger partial charge in [0.2, 0.25) is 5.91 Å². The number of amides is 1. The lowest BCUT2D eigenvalue weighted by atomic mass is 10.2. The number of halogens is 2. The zero-order valence-electron chi connectivity index (χ0n) is 12.2. The number of rotatable bonds is 5. The van der Waals surface area contributed by atoms with E-state index in [4.69, 9.17) is 0 Å². The Labute approximate surface area is 164 Å². The van der Waals surface area contributed by atoms with E-state index in [2.05, 4.69) is 47.1 Å². The highest BCUT2D eigenvalue weighted by Crippen LogP contribution is 2.28. The molecule has 0 saturated carbocycles. The number of thiazole rings is 1. The first-order valence-corrected chi connectivity index (χ1v) is 10.3. The van der Waals surface area contributed by atoms with Gasteiger partial charge in [0.25, 0.3) is 0 Å². The van der Waals surface area contributed by atoms with Crippen LogP contribution in [0.3, 0.4) is 0 Å². The molecule has 0 saturated heterocycles. The number of aromatic nitrogens is 2. The number of thioether (sulfide) groups is 1. The van der Waals surface area contributed by atoms with E-state index in [1.54, 1.807) is 6.20 Å². The number of anilines is 1. The van der Waals surface area contributed by atoms with Crippen molar-refractivity contribution in [1.82, 2.24) is 9.97 Å². The second-order valence-electron chi connectivity index (χ2n) is 4.69. The van der Waals surface area contributed by atoms with Gasteiger partial charge in [-0.2, -0.15) is 0 Å². The highest BCUT2D eigenvalue weighted by atomic mass is 79.9. The topological polar surface area (TPSA) is 54.9 Å². The summed E-state index contributed by atoms with van der Waals surface area (Å²) in [6.45, 7) is 0. The molecule has 0 bridgehead atoms. The summed E-state index contributed by atoms with van der Waals surface area (Å²) in [4.78, 5) is 20.8. The van der Waals surface area contributed by atoms with Crippen molar-refractivity contribution in [2.75, 3.05) is 11.1 Å². The number of hydrogen-bond acceptors (Lipinski definition) is 5. The molecule has 24 heavy (non-hydrogen) atoms. The molecule has 2 heterocycles. The Bertz CT molecular complexity index is 856. The maximum Gasteiger partial charge on any atom is 0.236 e. The molecule has 0 aliphatic rings. The predicted molar refractivity (Wildman–Crippen MR) is 107 cm³/mol. The Hall–Kier alpha value is -1.22. The van der Waals surface area contributed by atoms with Crippen LogP contribution in [-0.4, -0.2) is 21.6 Å². The van der Waals surface area contributed by atoms with E-state index in [1.165, 1.54) is 23.1 Å². The number of nitrogens with one attached hydrogen (secondary N) is 1. The number of carbonyl (C=O) groups is 1. The van der Waals surface area contributed by atoms with Crippen LogP contribution in [0, 0.1) is 0 Å². The van der Waals surface area contributed by atoms with Gasteiger partial charge in [0.15, 0.2) is 4.34 Å². The summed E-state index contributed by atoms with van der Waals surface area (Å²) in [6.07, 6.45) is 1.64. The highest BCUT2D eigenvalue weighted by Gasteiger charge is 2.10. The molecule has 8 heteroatoms. The fraction of sp³-hybridized carbons (Fsp3) is 0.0625. The predicted octanol–water partition coefficient (Wildman–Crippen LogP) is 5.46. The minimum absolute atomic E-state index is 0.119. The molecule has 3 aromatic rings. The van der Waals surface area contributed by atoms with E-state index >= 15 is 0 Å². The first-order chi connectivity index (χ1) is 11.6. The van der Waals surface area contributed by atoms with Crippen LogP contribution in [0.25, 0.3) is 11.3 Å². The monoisotopic (exact) mass is 483 g/mol. The molecule has 0 unspecified atom stereocenters. The van der Waals surface area contributed by atoms with E-state index in [-0.39, 0.29) is 11.7 Å². The van der Waals surface area contributed by atoms with E-state index in [0.29, 0.717) is 5.82 Å². The molecule has 1 aromatic carbocycles. The van der Waals surface area contributed by atoms with Crippen LogP contribution in [0.1, 0.15) is 0 Å². The molecule has 4 nitrogen and oxygen atoms in total. The summed E-state index contributed by atoms with van der Waals surface area (Å²) < 4.78 is 2.45. The van der Waals surface area contributed by atoms with Crippen LogP contribution in [0.15, 0.2) is 61.3 Å². The smallest absolute Gasteiger partial charge is 0.236 e. The first kappa shape index (κ1) is 17.6. The molecule has 2 aromatic heterocycles. The molecule has 0 aliphatic carbocycles. The summed E-state index contributed by atoms with van der Waals surface area (Å²) in [5, 5.41) is 4.79. The summed E-state index contributed by atoms with van der Waals surface area (Å²) in [6, 6.07) is 11.8. The molecule has 0 aliphatic heterocycles. The molecule has 1 N–H and O–H groups in total. The van der Waals surface area contributed by atoms with Crippen molar-refractivity contribution in [2.45, 2.75) is 4.34 Å². The quantitative estimate of drug-likeness (QED) is 0.488. The second-order valence-corrected chi connectivity index (χ2v) is 8.54. The maximum absolute atomic E-state index is 12.1. The second kappa shape index (κ2) is 8.24. The van der Waals surface area contributed by atoms with Gasteiger partial charge in [0, 0.05) is 21.6 Å². The van der Waals surface area contributed by atoms with Crippen molar-refractivity contribution in [3.05, 3.63) is 56.9 Å². The Morgan fingerprint density at radius 1 is 1.25 bits per heavy atom. The summed E-state index contributed by atoms with van der Waals surface area (Å²) in [5.41, 5.74) is 2.01. The molecule has 0 fully saturated rings. The van der Waals surface area contributed by atoms with Gasteiger partial charge < -0.3 is 5.32 Å². The Morgan fingerprint density at radius 3 is 2.79 bits per heavy atom. The van der Waals surface area contributed by atoms with Gasteiger partial charge in [-0.15, -0.1) is 11.3 Å². The van der Waals surface area contributed by atoms with Crippen LogP contribution in [0.2, 0.25) is 0 Å². The lowest BCUT2D eigenvalue weighted by Crippen LogP contribution is -2.15. The molecular formula is C16H11Br2N3OS2. The molecular weight excluding hydrogens is 474 g/mol. The van der Waals surface area contributed by atoms with Crippen LogP contribution < -0.4 is 5.32 Å². The zero-order chi connectivity index (χ0) is 16.9. The number of carbonyl (C=O) groups excluding carboxylic acids is 1. The SMILES string of the molecule is O=C(CSc1nc(-c2ccccc2)cs1)Nc1ncc(Br)cc1Br. The third kappa shape index (κ3) is 4.66. The summed E-state index contributed by atoms with van der Waals surface area (Å²) >= 11 is 9.66. The van der Waals surface area contributed by atoms with Gasteiger partial charge in [-0.1, -0.05) is 42.1 Å². The van der Waals surface area contributed by atoms with Crippen molar-refractivity contribution in [1.29, 1.82) is 0 Å². The standard InChI is InChI=1S/C16H11Br2N3OS2/c17-11-6-12(18)15(19-7-11)21-14(22)9-24-16-20-13(8-23-16)10-4-2-1-3-5-10/h1-8H,9H2,(H,19,21,22). The van der Waals surface area contributed by atoms with Gasteiger partial charge in [-0.3, -0.25) is 4.79 Å². The molecule has 3 rings (SSSR count). The van der Waals surface area contributed by atoms with Crippen LogP contribution >= 0.6 is 55.0 Å². The van der Waals surface area contributed by atoms with Crippen molar-refractivity contribution >= 4 is 66.7 Å². The average Bonchev–Trinajstić information content (AvgIpc) is 3.05. The number of nitrogens with zero attached hydrogens (tertiary/aromatic N) is 2. The minimum Gasteiger partial charge on any atom is -0.309 e. The number of pyridine rings is 1. The van der Waals surface area contributed by atoms with Crippen LogP contribution in [0.5, 0.6) is 0 Å². The maximum atomic E-state index is 12.1. The van der Waals surface area contributed by atoms with E-state index in [1.807, 2.05) is 41.8 Å². The van der Waals surface area contributed by atoms with E-state index in [0.717, 1.165) is 24.5 Å². The minimum atomic E-state index is -0.119. The summed E-state index contributed by atoms with van der Waals surface area (Å²) in [7, 11) is 0. The van der Waals surface area contributed by atoms with Gasteiger partial charge >= 0.3 is 0 Å². The zero-order valence-corrected chi connectivity index (χ0v) is 17.0. The molecule has 122 valence electrons.